The Morgan fingerprint density at radius 3 is 1.48 bits per heavy atom. The van der Waals surface area contributed by atoms with Crippen molar-refractivity contribution in [3.05, 3.63) is 12.7 Å². The third-order valence-corrected chi connectivity index (χ3v) is 4.11. The van der Waals surface area contributed by atoms with Crippen LogP contribution < -0.4 is 0 Å². The normalized spacial score (nSPS) is 10.9. The Hall–Kier alpha value is -0.300. The Bertz CT molecular complexity index is 188. The lowest BCUT2D eigenvalue weighted by Gasteiger charge is -2.04. The largest absolute Gasteiger partial charge is 0.381 e. The highest BCUT2D eigenvalue weighted by Gasteiger charge is 1.94. The molecule has 0 aliphatic rings. The van der Waals surface area contributed by atoms with Gasteiger partial charge in [0, 0.05) is 13.2 Å². The minimum Gasteiger partial charge on any atom is -0.381 e. The molecular formula is C20H40O. The Morgan fingerprint density at radius 1 is 0.619 bits per heavy atom. The average Bonchev–Trinajstić information content (AvgIpc) is 2.50. The number of rotatable bonds is 18. The fourth-order valence-electron chi connectivity index (χ4n) is 2.67. The minimum absolute atomic E-state index is 0.849. The van der Waals surface area contributed by atoms with Crippen molar-refractivity contribution in [3.63, 3.8) is 0 Å². The molecular weight excluding hydrogens is 256 g/mol. The average molecular weight is 297 g/mol. The van der Waals surface area contributed by atoms with E-state index in [2.05, 4.69) is 13.5 Å². The van der Waals surface area contributed by atoms with Crippen LogP contribution in [0.1, 0.15) is 103 Å². The van der Waals surface area contributed by atoms with Crippen molar-refractivity contribution < 1.29 is 4.74 Å². The molecule has 1 heteroatoms. The fraction of sp³-hybridized carbons (Fsp3) is 0.900. The van der Waals surface area contributed by atoms with Gasteiger partial charge < -0.3 is 4.74 Å². The molecule has 0 aliphatic carbocycles. The molecule has 0 heterocycles. The lowest BCUT2D eigenvalue weighted by Crippen LogP contribution is -1.95. The molecule has 21 heavy (non-hydrogen) atoms. The summed E-state index contributed by atoms with van der Waals surface area (Å²) in [6.45, 7) is 7.76. The first-order chi connectivity index (χ1) is 10.4. The van der Waals surface area contributed by atoms with E-state index in [4.69, 9.17) is 4.74 Å². The Labute approximate surface area is 134 Å². The number of hydrogen-bond acceptors (Lipinski definition) is 1. The molecule has 0 N–H and O–H groups in total. The van der Waals surface area contributed by atoms with Crippen molar-refractivity contribution in [2.45, 2.75) is 103 Å². The second-order valence-corrected chi connectivity index (χ2v) is 6.29. The minimum atomic E-state index is 0.849. The summed E-state index contributed by atoms with van der Waals surface area (Å²) in [6, 6.07) is 0. The Balaban J connectivity index is 2.91. The zero-order valence-corrected chi connectivity index (χ0v) is 14.7. The summed E-state index contributed by atoms with van der Waals surface area (Å²) in [5.41, 5.74) is 0. The van der Waals surface area contributed by atoms with Crippen molar-refractivity contribution in [1.29, 1.82) is 0 Å². The first-order valence-electron chi connectivity index (χ1n) is 9.60. The van der Waals surface area contributed by atoms with Crippen LogP contribution in [-0.4, -0.2) is 13.2 Å². The van der Waals surface area contributed by atoms with Crippen LogP contribution in [0.25, 0.3) is 0 Å². The highest BCUT2D eigenvalue weighted by Crippen LogP contribution is 2.12. The van der Waals surface area contributed by atoms with E-state index in [0.29, 0.717) is 0 Å². The van der Waals surface area contributed by atoms with Gasteiger partial charge in [-0.3, -0.25) is 0 Å². The van der Waals surface area contributed by atoms with Gasteiger partial charge in [0.2, 0.25) is 0 Å². The van der Waals surface area contributed by atoms with Crippen molar-refractivity contribution in [2.24, 2.45) is 0 Å². The molecule has 0 unspecified atom stereocenters. The van der Waals surface area contributed by atoms with Crippen molar-refractivity contribution >= 4 is 0 Å². The van der Waals surface area contributed by atoms with Gasteiger partial charge in [0.05, 0.1) is 0 Å². The molecule has 0 rings (SSSR count). The Morgan fingerprint density at radius 2 is 1.05 bits per heavy atom. The lowest BCUT2D eigenvalue weighted by molar-refractivity contribution is 0.134. The van der Waals surface area contributed by atoms with E-state index < -0.39 is 0 Å². The molecule has 0 saturated heterocycles. The molecule has 0 aliphatic heterocycles. The maximum Gasteiger partial charge on any atom is 0.0500 e. The molecule has 1 nitrogen and oxygen atoms in total. The SMILES string of the molecule is C=CCCOCCCCCCCCCCCCCCCC. The third-order valence-electron chi connectivity index (χ3n) is 4.11. The van der Waals surface area contributed by atoms with E-state index in [9.17, 15) is 0 Å². The molecule has 0 fully saturated rings. The van der Waals surface area contributed by atoms with Gasteiger partial charge >= 0.3 is 0 Å². The quantitative estimate of drug-likeness (QED) is 0.194. The van der Waals surface area contributed by atoms with Gasteiger partial charge in [-0.25, -0.2) is 0 Å². The van der Waals surface area contributed by atoms with Gasteiger partial charge in [-0.1, -0.05) is 96.5 Å². The monoisotopic (exact) mass is 296 g/mol. The second-order valence-electron chi connectivity index (χ2n) is 6.29. The molecule has 0 aromatic carbocycles. The summed E-state index contributed by atoms with van der Waals surface area (Å²) in [4.78, 5) is 0. The van der Waals surface area contributed by atoms with Crippen molar-refractivity contribution in [1.82, 2.24) is 0 Å². The van der Waals surface area contributed by atoms with Crippen LogP contribution in [0.15, 0.2) is 12.7 Å². The molecule has 0 amide bonds. The lowest BCUT2D eigenvalue weighted by atomic mass is 10.0. The smallest absolute Gasteiger partial charge is 0.0500 e. The van der Waals surface area contributed by atoms with Crippen LogP contribution in [0, 0.1) is 0 Å². The molecule has 126 valence electrons. The molecule has 0 atom stereocenters. The van der Waals surface area contributed by atoms with Crippen LogP contribution in [0.2, 0.25) is 0 Å². The predicted molar refractivity (Wildman–Crippen MR) is 95.9 cm³/mol. The predicted octanol–water partition coefficient (Wildman–Crippen LogP) is 7.06. The Kier molecular flexibility index (Phi) is 19.4. The van der Waals surface area contributed by atoms with Gasteiger partial charge in [0.25, 0.3) is 0 Å². The molecule has 0 bridgehead atoms. The molecule has 0 aromatic rings. The number of hydrogen-bond donors (Lipinski definition) is 0. The van der Waals surface area contributed by atoms with Gasteiger partial charge in [0.1, 0.15) is 0 Å². The summed E-state index contributed by atoms with van der Waals surface area (Å²) in [5.74, 6) is 0. The topological polar surface area (TPSA) is 9.23 Å². The van der Waals surface area contributed by atoms with Crippen LogP contribution in [0.3, 0.4) is 0 Å². The van der Waals surface area contributed by atoms with E-state index in [0.717, 1.165) is 19.6 Å². The van der Waals surface area contributed by atoms with Crippen LogP contribution >= 0.6 is 0 Å². The van der Waals surface area contributed by atoms with Gasteiger partial charge in [-0.2, -0.15) is 0 Å². The third kappa shape index (κ3) is 19.7. The van der Waals surface area contributed by atoms with Gasteiger partial charge in [-0.15, -0.1) is 6.58 Å². The van der Waals surface area contributed by atoms with Crippen molar-refractivity contribution in [3.8, 4) is 0 Å². The summed E-state index contributed by atoms with van der Waals surface area (Å²) in [6.07, 6.45) is 22.7. The highest BCUT2D eigenvalue weighted by molar-refractivity contribution is 4.64. The van der Waals surface area contributed by atoms with Gasteiger partial charge in [-0.05, 0) is 12.8 Å². The highest BCUT2D eigenvalue weighted by atomic mass is 16.5. The zero-order chi connectivity index (χ0) is 15.4. The van der Waals surface area contributed by atoms with Crippen molar-refractivity contribution in [2.75, 3.05) is 13.2 Å². The molecule has 0 aromatic heterocycles. The zero-order valence-electron chi connectivity index (χ0n) is 14.7. The summed E-state index contributed by atoms with van der Waals surface area (Å²) in [7, 11) is 0. The van der Waals surface area contributed by atoms with Gasteiger partial charge in [0.15, 0.2) is 0 Å². The maximum atomic E-state index is 5.51. The van der Waals surface area contributed by atoms with E-state index in [-0.39, 0.29) is 0 Å². The summed E-state index contributed by atoms with van der Waals surface area (Å²) >= 11 is 0. The van der Waals surface area contributed by atoms with E-state index in [1.807, 2.05) is 6.08 Å². The maximum absolute atomic E-state index is 5.51. The summed E-state index contributed by atoms with van der Waals surface area (Å²) < 4.78 is 5.51. The van der Waals surface area contributed by atoms with E-state index >= 15 is 0 Å². The van der Waals surface area contributed by atoms with E-state index in [1.54, 1.807) is 0 Å². The fourth-order valence-corrected chi connectivity index (χ4v) is 2.67. The second kappa shape index (κ2) is 19.7. The first kappa shape index (κ1) is 20.7. The number of unbranched alkanes of at least 4 members (excludes halogenated alkanes) is 13. The molecule has 0 spiro atoms. The molecule has 0 radical (unpaired) electrons. The van der Waals surface area contributed by atoms with E-state index in [1.165, 1.54) is 89.9 Å². The summed E-state index contributed by atoms with van der Waals surface area (Å²) in [5, 5.41) is 0. The van der Waals surface area contributed by atoms with Crippen LogP contribution in [0.5, 0.6) is 0 Å². The standard InChI is InChI=1S/C20H40O/c1-3-5-7-8-9-10-11-12-13-14-15-16-17-18-20-21-19-6-4-2/h4H,2-3,5-20H2,1H3. The first-order valence-corrected chi connectivity index (χ1v) is 9.60. The molecule has 0 saturated carbocycles. The number of ether oxygens (including phenoxy) is 1. The van der Waals surface area contributed by atoms with Crippen LogP contribution in [-0.2, 0) is 4.74 Å². The van der Waals surface area contributed by atoms with Crippen LogP contribution in [0.4, 0.5) is 0 Å².